The molecule has 3 nitrogen and oxygen atoms in total. The molecule has 0 aliphatic heterocycles. The van der Waals surface area contributed by atoms with Crippen molar-refractivity contribution in [3.63, 3.8) is 0 Å². The first-order chi connectivity index (χ1) is 8.04. The molecule has 1 rings (SSSR count). The van der Waals surface area contributed by atoms with Gasteiger partial charge in [-0.2, -0.15) is 0 Å². The Morgan fingerprint density at radius 1 is 1.35 bits per heavy atom. The Morgan fingerprint density at radius 3 is 2.47 bits per heavy atom. The third kappa shape index (κ3) is 4.15. The highest BCUT2D eigenvalue weighted by Crippen LogP contribution is 2.16. The molecule has 0 saturated heterocycles. The van der Waals surface area contributed by atoms with Crippen molar-refractivity contribution in [1.82, 2.24) is 0 Å². The van der Waals surface area contributed by atoms with E-state index in [1.165, 1.54) is 0 Å². The van der Waals surface area contributed by atoms with E-state index in [9.17, 15) is 9.00 Å². The van der Waals surface area contributed by atoms with E-state index in [0.29, 0.717) is 16.4 Å². The lowest BCUT2D eigenvalue weighted by atomic mass is 10.2. The fraction of sp³-hybridized carbons (Fsp3) is 0.308. The number of hydrogen-bond acceptors (Lipinski definition) is 3. The normalized spacial score (nSPS) is 11.9. The van der Waals surface area contributed by atoms with Gasteiger partial charge in [0.05, 0.1) is 23.8 Å². The number of aryl methyl sites for hydroxylation is 1. The van der Waals surface area contributed by atoms with Gasteiger partial charge in [0.2, 0.25) is 0 Å². The van der Waals surface area contributed by atoms with Crippen LogP contribution in [0.5, 0.6) is 0 Å². The van der Waals surface area contributed by atoms with Crippen molar-refractivity contribution >= 4 is 16.8 Å². The summed E-state index contributed by atoms with van der Waals surface area (Å²) in [6.45, 7) is 7.69. The van der Waals surface area contributed by atoms with Crippen LogP contribution in [-0.4, -0.2) is 16.8 Å². The smallest absolute Gasteiger partial charge is 0.310 e. The summed E-state index contributed by atoms with van der Waals surface area (Å²) in [7, 11) is -1.36. The van der Waals surface area contributed by atoms with Gasteiger partial charge in [0, 0.05) is 9.80 Å². The van der Waals surface area contributed by atoms with E-state index in [1.54, 1.807) is 19.1 Å². The van der Waals surface area contributed by atoms with Crippen LogP contribution in [0.4, 0.5) is 0 Å². The Morgan fingerprint density at radius 2 is 1.94 bits per heavy atom. The second-order valence-electron chi connectivity index (χ2n) is 3.60. The van der Waals surface area contributed by atoms with Crippen LogP contribution in [-0.2, 0) is 20.3 Å². The molecule has 0 aliphatic carbocycles. The molecule has 4 heteroatoms. The van der Waals surface area contributed by atoms with Crippen molar-refractivity contribution in [2.24, 2.45) is 0 Å². The fourth-order valence-electron chi connectivity index (χ4n) is 1.27. The maximum Gasteiger partial charge on any atom is 0.310 e. The molecule has 0 fully saturated rings. The van der Waals surface area contributed by atoms with Gasteiger partial charge in [0.15, 0.2) is 0 Å². The summed E-state index contributed by atoms with van der Waals surface area (Å²) in [6, 6.07) is 7.32. The van der Waals surface area contributed by atoms with E-state index in [0.717, 1.165) is 5.56 Å². The van der Waals surface area contributed by atoms with E-state index in [-0.39, 0.29) is 6.42 Å². The molecule has 1 atom stereocenters. The molecule has 0 amide bonds. The van der Waals surface area contributed by atoms with Crippen LogP contribution in [0.3, 0.4) is 0 Å². The Bertz CT molecular complexity index is 434. The quantitative estimate of drug-likeness (QED) is 0.756. The fourth-order valence-corrected chi connectivity index (χ4v) is 2.23. The lowest BCUT2D eigenvalue weighted by Crippen LogP contribution is -2.07. The lowest BCUT2D eigenvalue weighted by molar-refractivity contribution is -0.142. The number of carbonyl (C=O) groups excluding carboxylic acids is 1. The van der Waals surface area contributed by atoms with E-state index in [4.69, 9.17) is 4.74 Å². The molecule has 0 radical (unpaired) electrons. The topological polar surface area (TPSA) is 43.4 Å². The highest BCUT2D eigenvalue weighted by Gasteiger charge is 2.12. The van der Waals surface area contributed by atoms with Crippen molar-refractivity contribution in [3.8, 4) is 0 Å². The number of benzene rings is 1. The van der Waals surface area contributed by atoms with E-state index in [1.807, 2.05) is 19.1 Å². The minimum Gasteiger partial charge on any atom is -0.466 e. The molecular formula is C13H16O3S. The van der Waals surface area contributed by atoms with Crippen molar-refractivity contribution in [3.05, 3.63) is 41.3 Å². The second-order valence-corrected chi connectivity index (χ2v) is 5.19. The molecule has 1 unspecified atom stereocenters. The minimum atomic E-state index is -1.36. The molecule has 1 aromatic carbocycles. The van der Waals surface area contributed by atoms with Crippen LogP contribution < -0.4 is 0 Å². The van der Waals surface area contributed by atoms with E-state index >= 15 is 0 Å². The van der Waals surface area contributed by atoms with Gasteiger partial charge in [0.25, 0.3) is 0 Å². The predicted octanol–water partition coefficient (Wildman–Crippen LogP) is 2.57. The molecule has 0 N–H and O–H groups in total. The van der Waals surface area contributed by atoms with Gasteiger partial charge in [-0.05, 0) is 26.0 Å². The maximum atomic E-state index is 12.0. The number of hydrogen-bond donors (Lipinski definition) is 0. The van der Waals surface area contributed by atoms with Crippen molar-refractivity contribution in [2.45, 2.75) is 25.2 Å². The van der Waals surface area contributed by atoms with Gasteiger partial charge in [0.1, 0.15) is 0 Å². The summed E-state index contributed by atoms with van der Waals surface area (Å²) in [5.41, 5.74) is 1.10. The first-order valence-electron chi connectivity index (χ1n) is 5.36. The molecule has 0 aliphatic rings. The minimum absolute atomic E-state index is 0.00563. The van der Waals surface area contributed by atoms with Gasteiger partial charge in [-0.3, -0.25) is 4.79 Å². The standard InChI is InChI=1S/C13H16O3S/c1-4-16-13(14)9-11(3)17(15)12-7-5-10(2)6-8-12/h5-8H,3-4,9H2,1-2H3. The Hall–Kier alpha value is -1.42. The van der Waals surface area contributed by atoms with Crippen molar-refractivity contribution < 1.29 is 13.7 Å². The van der Waals surface area contributed by atoms with E-state index in [2.05, 4.69) is 6.58 Å². The van der Waals surface area contributed by atoms with Crippen LogP contribution in [0.25, 0.3) is 0 Å². The number of esters is 1. The first-order valence-corrected chi connectivity index (χ1v) is 6.51. The zero-order chi connectivity index (χ0) is 12.8. The molecule has 0 heterocycles. The Labute approximate surface area is 104 Å². The summed E-state index contributed by atoms with van der Waals surface area (Å²) < 4.78 is 16.8. The van der Waals surface area contributed by atoms with E-state index < -0.39 is 16.8 Å². The highest BCUT2D eigenvalue weighted by molar-refractivity contribution is 7.89. The SMILES string of the molecule is C=C(CC(=O)OCC)S(=O)c1ccc(C)cc1. The monoisotopic (exact) mass is 252 g/mol. The van der Waals surface area contributed by atoms with Gasteiger partial charge >= 0.3 is 5.97 Å². The summed E-state index contributed by atoms with van der Waals surface area (Å²) in [4.78, 5) is 12.3. The van der Waals surface area contributed by atoms with Crippen LogP contribution in [0.2, 0.25) is 0 Å². The first kappa shape index (κ1) is 13.6. The average Bonchev–Trinajstić information content (AvgIpc) is 2.29. The zero-order valence-electron chi connectivity index (χ0n) is 10.1. The largest absolute Gasteiger partial charge is 0.466 e. The van der Waals surface area contributed by atoms with Crippen molar-refractivity contribution in [2.75, 3.05) is 6.61 Å². The third-order valence-electron chi connectivity index (χ3n) is 2.14. The molecule has 0 saturated carbocycles. The predicted molar refractivity (Wildman–Crippen MR) is 68.0 cm³/mol. The lowest BCUT2D eigenvalue weighted by Gasteiger charge is -2.06. The second kappa shape index (κ2) is 6.35. The van der Waals surface area contributed by atoms with Crippen molar-refractivity contribution in [1.29, 1.82) is 0 Å². The molecule has 0 spiro atoms. The Balaban J connectivity index is 2.67. The van der Waals surface area contributed by atoms with Gasteiger partial charge in [-0.15, -0.1) is 0 Å². The Kier molecular flexibility index (Phi) is 5.10. The third-order valence-corrected chi connectivity index (χ3v) is 3.51. The summed E-state index contributed by atoms with van der Waals surface area (Å²) in [5, 5.41) is 0. The summed E-state index contributed by atoms with van der Waals surface area (Å²) in [5.74, 6) is -0.391. The molecule has 0 aromatic heterocycles. The molecular weight excluding hydrogens is 236 g/mol. The molecule has 0 bridgehead atoms. The number of ether oxygens (including phenoxy) is 1. The molecule has 1 aromatic rings. The van der Waals surface area contributed by atoms with Gasteiger partial charge in [-0.25, -0.2) is 4.21 Å². The van der Waals surface area contributed by atoms with Crippen LogP contribution >= 0.6 is 0 Å². The maximum absolute atomic E-state index is 12.0. The molecule has 17 heavy (non-hydrogen) atoms. The van der Waals surface area contributed by atoms with Gasteiger partial charge < -0.3 is 4.74 Å². The summed E-state index contributed by atoms with van der Waals surface area (Å²) in [6.07, 6.45) is -0.00563. The number of carbonyl (C=O) groups is 1. The van der Waals surface area contributed by atoms with Crippen LogP contribution in [0.1, 0.15) is 18.9 Å². The number of rotatable bonds is 5. The molecule has 92 valence electrons. The van der Waals surface area contributed by atoms with Gasteiger partial charge in [-0.1, -0.05) is 24.3 Å². The van der Waals surface area contributed by atoms with Crippen LogP contribution in [0, 0.1) is 6.92 Å². The zero-order valence-corrected chi connectivity index (χ0v) is 10.9. The average molecular weight is 252 g/mol. The highest BCUT2D eigenvalue weighted by atomic mass is 32.2. The van der Waals surface area contributed by atoms with Crippen LogP contribution in [0.15, 0.2) is 40.6 Å². The summed E-state index contributed by atoms with van der Waals surface area (Å²) >= 11 is 0.